The number of benzene rings is 2. The van der Waals surface area contributed by atoms with E-state index in [1.165, 1.54) is 11.6 Å². The molecular formula is C16H17F2N. The quantitative estimate of drug-likeness (QED) is 0.831. The fraction of sp³-hybridized carbons (Fsp3) is 0.250. The number of nitrogens with one attached hydrogen (secondary N) is 1. The summed E-state index contributed by atoms with van der Waals surface area (Å²) >= 11 is 0. The van der Waals surface area contributed by atoms with Crippen molar-refractivity contribution in [3.63, 3.8) is 0 Å². The highest BCUT2D eigenvalue weighted by molar-refractivity contribution is 5.44. The highest BCUT2D eigenvalue weighted by Crippen LogP contribution is 2.20. The first-order valence-electron chi connectivity index (χ1n) is 6.41. The number of rotatable bonds is 5. The first-order chi connectivity index (χ1) is 9.18. The van der Waals surface area contributed by atoms with Gasteiger partial charge in [-0.2, -0.15) is 0 Å². The largest absolute Gasteiger partial charge is 0.383 e. The molecule has 0 aliphatic carbocycles. The molecule has 0 fully saturated rings. The maximum absolute atomic E-state index is 13.4. The SMILES string of the molecule is CC(CCNc1cccc(F)c1F)c1ccccc1. The van der Waals surface area contributed by atoms with Crippen molar-refractivity contribution in [1.29, 1.82) is 0 Å². The molecule has 0 saturated carbocycles. The summed E-state index contributed by atoms with van der Waals surface area (Å²) < 4.78 is 26.4. The molecule has 0 aliphatic rings. The molecule has 0 radical (unpaired) electrons. The molecule has 0 aliphatic heterocycles. The smallest absolute Gasteiger partial charge is 0.181 e. The predicted octanol–water partition coefficient (Wildman–Crippen LogP) is 4.57. The third-order valence-electron chi connectivity index (χ3n) is 3.21. The van der Waals surface area contributed by atoms with Gasteiger partial charge < -0.3 is 5.32 Å². The average Bonchev–Trinajstić information content (AvgIpc) is 2.44. The van der Waals surface area contributed by atoms with Crippen LogP contribution in [0.25, 0.3) is 0 Å². The topological polar surface area (TPSA) is 12.0 Å². The monoisotopic (exact) mass is 261 g/mol. The first-order valence-corrected chi connectivity index (χ1v) is 6.41. The van der Waals surface area contributed by atoms with Gasteiger partial charge in [0.1, 0.15) is 0 Å². The van der Waals surface area contributed by atoms with E-state index in [0.717, 1.165) is 12.5 Å². The van der Waals surface area contributed by atoms with E-state index in [1.807, 2.05) is 18.2 Å². The molecule has 0 heterocycles. The van der Waals surface area contributed by atoms with Crippen molar-refractivity contribution < 1.29 is 8.78 Å². The third kappa shape index (κ3) is 3.53. The molecule has 1 unspecified atom stereocenters. The predicted molar refractivity (Wildman–Crippen MR) is 74.3 cm³/mol. The van der Waals surface area contributed by atoms with Gasteiger partial charge in [0.15, 0.2) is 11.6 Å². The van der Waals surface area contributed by atoms with E-state index >= 15 is 0 Å². The van der Waals surface area contributed by atoms with E-state index in [2.05, 4.69) is 24.4 Å². The summed E-state index contributed by atoms with van der Waals surface area (Å²) in [6.07, 6.45) is 0.861. The lowest BCUT2D eigenvalue weighted by molar-refractivity contribution is 0.510. The second-order valence-electron chi connectivity index (χ2n) is 4.63. The molecule has 0 spiro atoms. The average molecular weight is 261 g/mol. The van der Waals surface area contributed by atoms with Crippen LogP contribution in [0.15, 0.2) is 48.5 Å². The van der Waals surface area contributed by atoms with Gasteiger partial charge in [0.2, 0.25) is 0 Å². The van der Waals surface area contributed by atoms with Gasteiger partial charge in [-0.05, 0) is 30.0 Å². The van der Waals surface area contributed by atoms with Crippen LogP contribution in [0.3, 0.4) is 0 Å². The van der Waals surface area contributed by atoms with Gasteiger partial charge in [0, 0.05) is 6.54 Å². The van der Waals surface area contributed by atoms with E-state index in [9.17, 15) is 8.78 Å². The second-order valence-corrected chi connectivity index (χ2v) is 4.63. The van der Waals surface area contributed by atoms with Gasteiger partial charge in [0.25, 0.3) is 0 Å². The van der Waals surface area contributed by atoms with Crippen LogP contribution in [0.1, 0.15) is 24.8 Å². The maximum atomic E-state index is 13.4. The summed E-state index contributed by atoms with van der Waals surface area (Å²) in [6.45, 7) is 2.73. The summed E-state index contributed by atoms with van der Waals surface area (Å²) in [5, 5.41) is 2.94. The van der Waals surface area contributed by atoms with Crippen molar-refractivity contribution in [2.75, 3.05) is 11.9 Å². The minimum Gasteiger partial charge on any atom is -0.383 e. The Morgan fingerprint density at radius 1 is 1.00 bits per heavy atom. The van der Waals surface area contributed by atoms with Gasteiger partial charge in [-0.15, -0.1) is 0 Å². The Labute approximate surface area is 112 Å². The second kappa shape index (κ2) is 6.32. The Hall–Kier alpha value is -1.90. The van der Waals surface area contributed by atoms with Crippen molar-refractivity contribution in [3.8, 4) is 0 Å². The molecule has 19 heavy (non-hydrogen) atoms. The highest BCUT2D eigenvalue weighted by atomic mass is 19.2. The number of hydrogen-bond acceptors (Lipinski definition) is 1. The lowest BCUT2D eigenvalue weighted by Crippen LogP contribution is -2.07. The van der Waals surface area contributed by atoms with Crippen LogP contribution in [-0.4, -0.2) is 6.54 Å². The highest BCUT2D eigenvalue weighted by Gasteiger charge is 2.08. The van der Waals surface area contributed by atoms with E-state index in [0.29, 0.717) is 12.5 Å². The molecule has 2 rings (SSSR count). The normalized spacial score (nSPS) is 12.2. The molecule has 1 atom stereocenters. The van der Waals surface area contributed by atoms with Crippen LogP contribution in [0.5, 0.6) is 0 Å². The van der Waals surface area contributed by atoms with Gasteiger partial charge in [-0.25, -0.2) is 8.78 Å². The standard InChI is InChI=1S/C16H17F2N/c1-12(13-6-3-2-4-7-13)10-11-19-15-9-5-8-14(17)16(15)18/h2-9,12,19H,10-11H2,1H3. The van der Waals surface area contributed by atoms with E-state index in [-0.39, 0.29) is 5.69 Å². The van der Waals surface area contributed by atoms with Crippen molar-refractivity contribution in [1.82, 2.24) is 0 Å². The van der Waals surface area contributed by atoms with E-state index < -0.39 is 11.6 Å². The number of anilines is 1. The molecule has 100 valence electrons. The Kier molecular flexibility index (Phi) is 4.50. The summed E-state index contributed by atoms with van der Waals surface area (Å²) in [4.78, 5) is 0. The lowest BCUT2D eigenvalue weighted by atomic mass is 9.98. The van der Waals surface area contributed by atoms with Crippen molar-refractivity contribution in [3.05, 3.63) is 65.7 Å². The maximum Gasteiger partial charge on any atom is 0.181 e. The van der Waals surface area contributed by atoms with Gasteiger partial charge in [0.05, 0.1) is 5.69 Å². The molecular weight excluding hydrogens is 244 g/mol. The van der Waals surface area contributed by atoms with Crippen LogP contribution in [0, 0.1) is 11.6 Å². The molecule has 0 saturated heterocycles. The Morgan fingerprint density at radius 3 is 2.47 bits per heavy atom. The van der Waals surface area contributed by atoms with Gasteiger partial charge >= 0.3 is 0 Å². The van der Waals surface area contributed by atoms with E-state index in [1.54, 1.807) is 6.07 Å². The zero-order chi connectivity index (χ0) is 13.7. The Morgan fingerprint density at radius 2 is 1.74 bits per heavy atom. The molecule has 1 nitrogen and oxygen atoms in total. The summed E-state index contributed by atoms with van der Waals surface area (Å²) in [5.41, 5.74) is 1.48. The lowest BCUT2D eigenvalue weighted by Gasteiger charge is -2.13. The van der Waals surface area contributed by atoms with Crippen LogP contribution in [-0.2, 0) is 0 Å². The zero-order valence-corrected chi connectivity index (χ0v) is 10.9. The molecule has 0 aromatic heterocycles. The number of hydrogen-bond donors (Lipinski definition) is 1. The molecule has 1 N–H and O–H groups in total. The third-order valence-corrected chi connectivity index (χ3v) is 3.21. The Bertz CT molecular complexity index is 526. The van der Waals surface area contributed by atoms with E-state index in [4.69, 9.17) is 0 Å². The molecule has 2 aromatic carbocycles. The fourth-order valence-electron chi connectivity index (χ4n) is 2.01. The van der Waals surface area contributed by atoms with Crippen molar-refractivity contribution in [2.24, 2.45) is 0 Å². The van der Waals surface area contributed by atoms with Crippen LogP contribution < -0.4 is 5.32 Å². The summed E-state index contributed by atoms with van der Waals surface area (Å²) in [6, 6.07) is 14.3. The van der Waals surface area contributed by atoms with Crippen molar-refractivity contribution in [2.45, 2.75) is 19.3 Å². The zero-order valence-electron chi connectivity index (χ0n) is 10.9. The summed E-state index contributed by atoms with van der Waals surface area (Å²) in [5.74, 6) is -1.25. The molecule has 0 amide bonds. The summed E-state index contributed by atoms with van der Waals surface area (Å²) in [7, 11) is 0. The molecule has 3 heteroatoms. The first kappa shape index (κ1) is 13.5. The Balaban J connectivity index is 1.88. The fourth-order valence-corrected chi connectivity index (χ4v) is 2.01. The minimum absolute atomic E-state index is 0.222. The van der Waals surface area contributed by atoms with Gasteiger partial charge in [-0.3, -0.25) is 0 Å². The van der Waals surface area contributed by atoms with Gasteiger partial charge in [-0.1, -0.05) is 43.3 Å². The van der Waals surface area contributed by atoms with Crippen LogP contribution in [0.2, 0.25) is 0 Å². The molecule has 2 aromatic rings. The molecule has 0 bridgehead atoms. The van der Waals surface area contributed by atoms with Crippen LogP contribution in [0.4, 0.5) is 14.5 Å². The minimum atomic E-state index is -0.818. The van der Waals surface area contributed by atoms with Crippen LogP contribution >= 0.6 is 0 Å². The number of halogens is 2. The van der Waals surface area contributed by atoms with Crippen molar-refractivity contribution >= 4 is 5.69 Å².